The van der Waals surface area contributed by atoms with Gasteiger partial charge in [0, 0.05) is 18.7 Å². The van der Waals surface area contributed by atoms with Gasteiger partial charge in [0.05, 0.1) is 29.0 Å². The lowest BCUT2D eigenvalue weighted by atomic mass is 10.2. The third-order valence-corrected chi connectivity index (χ3v) is 6.25. The van der Waals surface area contributed by atoms with Crippen molar-refractivity contribution in [3.05, 3.63) is 41.3 Å². The first-order chi connectivity index (χ1) is 13.8. The average Bonchev–Trinajstić information content (AvgIpc) is 3.36. The predicted octanol–water partition coefficient (Wildman–Crippen LogP) is 0.673. The van der Waals surface area contributed by atoms with E-state index in [4.69, 9.17) is 4.74 Å². The molecule has 2 aliphatic heterocycles. The highest BCUT2D eigenvalue weighted by Crippen LogP contribution is 2.32. The maximum absolute atomic E-state index is 13.3. The molecule has 0 bridgehead atoms. The van der Waals surface area contributed by atoms with E-state index in [1.165, 1.54) is 28.9 Å². The number of sulfone groups is 1. The first-order valence-corrected chi connectivity index (χ1v) is 10.9. The van der Waals surface area contributed by atoms with E-state index in [1.807, 2.05) is 0 Å². The van der Waals surface area contributed by atoms with Crippen LogP contribution in [0.2, 0.25) is 0 Å². The van der Waals surface area contributed by atoms with Crippen molar-refractivity contribution in [1.29, 1.82) is 0 Å². The molecule has 1 fully saturated rings. The van der Waals surface area contributed by atoms with Crippen molar-refractivity contribution in [3.63, 3.8) is 0 Å². The van der Waals surface area contributed by atoms with E-state index in [0.29, 0.717) is 23.6 Å². The second-order valence-electron chi connectivity index (χ2n) is 6.99. The van der Waals surface area contributed by atoms with Gasteiger partial charge >= 0.3 is 11.8 Å². The van der Waals surface area contributed by atoms with Gasteiger partial charge in [0.1, 0.15) is 11.6 Å². The number of anilines is 1. The van der Waals surface area contributed by atoms with Crippen LogP contribution in [0.1, 0.15) is 24.1 Å². The van der Waals surface area contributed by atoms with Crippen LogP contribution in [0.15, 0.2) is 24.3 Å². The number of nitrogens with zero attached hydrogens (tertiary/aromatic N) is 2. The summed E-state index contributed by atoms with van der Waals surface area (Å²) in [7, 11) is -3.37. The number of carbonyl (C=O) groups is 2. The molecule has 2 aromatic rings. The molecule has 1 atom stereocenters. The molecule has 154 valence electrons. The van der Waals surface area contributed by atoms with Gasteiger partial charge in [-0.05, 0) is 37.1 Å². The highest BCUT2D eigenvalue weighted by molar-refractivity contribution is 7.90. The summed E-state index contributed by atoms with van der Waals surface area (Å²) in [5.74, 6) is -2.72. The molecule has 0 spiro atoms. The zero-order valence-electron chi connectivity index (χ0n) is 15.4. The molecular weight excluding hydrogens is 403 g/mol. The number of hydrogen-bond acceptors (Lipinski definition) is 6. The molecule has 0 radical (unpaired) electrons. The fourth-order valence-electron chi connectivity index (χ4n) is 3.40. The van der Waals surface area contributed by atoms with E-state index in [1.54, 1.807) is 0 Å². The Morgan fingerprint density at radius 1 is 1.21 bits per heavy atom. The first kappa shape index (κ1) is 19.5. The monoisotopic (exact) mass is 422 g/mol. The second kappa shape index (κ2) is 7.56. The van der Waals surface area contributed by atoms with E-state index in [9.17, 15) is 22.4 Å². The number of aromatic nitrogens is 2. The zero-order valence-corrected chi connectivity index (χ0v) is 16.2. The minimum absolute atomic E-state index is 0.0879. The summed E-state index contributed by atoms with van der Waals surface area (Å²) < 4.78 is 43.9. The quantitative estimate of drug-likeness (QED) is 0.699. The number of benzene rings is 1. The van der Waals surface area contributed by atoms with Crippen LogP contribution in [0.5, 0.6) is 0 Å². The standard InChI is InChI=1S/C18H19FN4O5S/c19-11-3-5-12(6-4-11)23-16(14-9-29(26,27)10-15(14)22-23)21-18(25)17(24)20-8-13-2-1-7-28-13/h3-6,13H,1-2,7-10H2,(H,20,24)(H,21,25). The number of nitrogens with one attached hydrogen (secondary N) is 2. The van der Waals surface area contributed by atoms with E-state index < -0.39 is 27.5 Å². The maximum Gasteiger partial charge on any atom is 0.314 e. The van der Waals surface area contributed by atoms with Crippen molar-refractivity contribution in [2.75, 3.05) is 18.5 Å². The van der Waals surface area contributed by atoms with E-state index in [0.717, 1.165) is 12.8 Å². The summed E-state index contributed by atoms with van der Waals surface area (Å²) in [6.07, 6.45) is 1.60. The summed E-state index contributed by atoms with van der Waals surface area (Å²) in [4.78, 5) is 24.6. The zero-order chi connectivity index (χ0) is 20.6. The van der Waals surface area contributed by atoms with Gasteiger partial charge in [0.25, 0.3) is 0 Å². The van der Waals surface area contributed by atoms with Crippen molar-refractivity contribution >= 4 is 27.5 Å². The minimum Gasteiger partial charge on any atom is -0.376 e. The Balaban J connectivity index is 1.57. The van der Waals surface area contributed by atoms with Gasteiger partial charge in [0.15, 0.2) is 9.84 Å². The molecule has 9 nitrogen and oxygen atoms in total. The normalized spacial score (nSPS) is 19.7. The van der Waals surface area contributed by atoms with Crippen LogP contribution in [-0.4, -0.2) is 49.3 Å². The molecular formula is C18H19FN4O5S. The van der Waals surface area contributed by atoms with Crippen molar-refractivity contribution in [2.24, 2.45) is 0 Å². The first-order valence-electron chi connectivity index (χ1n) is 9.10. The van der Waals surface area contributed by atoms with Crippen LogP contribution < -0.4 is 10.6 Å². The van der Waals surface area contributed by atoms with Gasteiger partial charge in [-0.2, -0.15) is 5.10 Å². The van der Waals surface area contributed by atoms with Crippen LogP contribution in [0.25, 0.3) is 5.69 Å². The molecule has 0 aliphatic carbocycles. The number of carbonyl (C=O) groups excluding carboxylic acids is 2. The topological polar surface area (TPSA) is 119 Å². The number of halogens is 1. The fraction of sp³-hybridized carbons (Fsp3) is 0.389. The van der Waals surface area contributed by atoms with Gasteiger partial charge in [0.2, 0.25) is 0 Å². The average molecular weight is 422 g/mol. The molecule has 0 saturated carbocycles. The number of ether oxygens (including phenoxy) is 1. The lowest BCUT2D eigenvalue weighted by molar-refractivity contribution is -0.136. The van der Waals surface area contributed by atoms with Gasteiger partial charge in [-0.1, -0.05) is 0 Å². The number of hydrogen-bond donors (Lipinski definition) is 2. The Morgan fingerprint density at radius 2 is 1.97 bits per heavy atom. The molecule has 11 heteroatoms. The fourth-order valence-corrected chi connectivity index (χ4v) is 4.89. The van der Waals surface area contributed by atoms with Crippen LogP contribution in [0.4, 0.5) is 10.2 Å². The summed E-state index contributed by atoms with van der Waals surface area (Å²) in [5.41, 5.74) is 1.05. The Morgan fingerprint density at radius 3 is 2.66 bits per heavy atom. The van der Waals surface area contributed by atoms with Crippen molar-refractivity contribution in [2.45, 2.75) is 30.5 Å². The van der Waals surface area contributed by atoms with Crippen molar-refractivity contribution in [3.8, 4) is 5.69 Å². The number of fused-ring (bicyclic) bond motifs is 1. The van der Waals surface area contributed by atoms with Crippen LogP contribution in [-0.2, 0) is 35.7 Å². The number of amides is 2. The third kappa shape index (κ3) is 4.15. The van der Waals surface area contributed by atoms with Gasteiger partial charge in [-0.3, -0.25) is 9.59 Å². The Hall–Kier alpha value is -2.79. The summed E-state index contributed by atoms with van der Waals surface area (Å²) >= 11 is 0. The molecule has 1 saturated heterocycles. The highest BCUT2D eigenvalue weighted by Gasteiger charge is 2.34. The molecule has 2 amide bonds. The SMILES string of the molecule is O=C(NCC1CCCO1)C(=O)Nc1c2c(nn1-c1ccc(F)cc1)CS(=O)(=O)C2. The molecule has 3 heterocycles. The molecule has 4 rings (SSSR count). The van der Waals surface area contributed by atoms with Crippen LogP contribution >= 0.6 is 0 Å². The van der Waals surface area contributed by atoms with Gasteiger partial charge < -0.3 is 15.4 Å². The largest absolute Gasteiger partial charge is 0.376 e. The number of rotatable bonds is 4. The highest BCUT2D eigenvalue weighted by atomic mass is 32.2. The van der Waals surface area contributed by atoms with E-state index >= 15 is 0 Å². The third-order valence-electron chi connectivity index (χ3n) is 4.81. The molecule has 1 aromatic heterocycles. The van der Waals surface area contributed by atoms with E-state index in [2.05, 4.69) is 15.7 Å². The lowest BCUT2D eigenvalue weighted by Crippen LogP contribution is -2.39. The summed E-state index contributed by atoms with van der Waals surface area (Å²) in [5, 5.41) is 9.24. The van der Waals surface area contributed by atoms with Crippen molar-refractivity contribution in [1.82, 2.24) is 15.1 Å². The van der Waals surface area contributed by atoms with Crippen LogP contribution in [0.3, 0.4) is 0 Å². The van der Waals surface area contributed by atoms with Crippen molar-refractivity contribution < 1.29 is 27.1 Å². The minimum atomic E-state index is -3.37. The summed E-state index contributed by atoms with van der Waals surface area (Å²) in [6, 6.07) is 5.33. The van der Waals surface area contributed by atoms with Gasteiger partial charge in [-0.15, -0.1) is 0 Å². The summed E-state index contributed by atoms with van der Waals surface area (Å²) in [6.45, 7) is 0.847. The smallest absolute Gasteiger partial charge is 0.314 e. The molecule has 2 aliphatic rings. The maximum atomic E-state index is 13.3. The second-order valence-corrected chi connectivity index (χ2v) is 9.06. The van der Waals surface area contributed by atoms with E-state index in [-0.39, 0.29) is 30.0 Å². The van der Waals surface area contributed by atoms with Crippen LogP contribution in [0, 0.1) is 5.82 Å². The molecule has 29 heavy (non-hydrogen) atoms. The van der Waals surface area contributed by atoms with Gasteiger partial charge in [-0.25, -0.2) is 17.5 Å². The Bertz CT molecular complexity index is 1060. The molecule has 2 N–H and O–H groups in total. The lowest BCUT2D eigenvalue weighted by Gasteiger charge is -2.13. The Labute approximate surface area is 166 Å². The predicted molar refractivity (Wildman–Crippen MR) is 100 cm³/mol. The molecule has 1 aromatic carbocycles. The Kier molecular flexibility index (Phi) is 5.09. The molecule has 1 unspecified atom stereocenters.